The molecule has 0 aliphatic carbocycles. The summed E-state index contributed by atoms with van der Waals surface area (Å²) in [5.74, 6) is -1.96. The van der Waals surface area contributed by atoms with Crippen molar-refractivity contribution in [1.29, 1.82) is 0 Å². The fourth-order valence-corrected chi connectivity index (χ4v) is 1.76. The highest BCUT2D eigenvalue weighted by molar-refractivity contribution is 5.43. The largest absolute Gasteiger partial charge is 0.359 e. The Morgan fingerprint density at radius 3 is 2.72 bits per heavy atom. The van der Waals surface area contributed by atoms with Crippen molar-refractivity contribution in [1.82, 2.24) is 4.98 Å². The normalized spacial score (nSPS) is 17.6. The molecule has 0 amide bonds. The molecule has 0 N–H and O–H groups in total. The average molecular weight is 258 g/mol. The highest BCUT2D eigenvalue weighted by Gasteiger charge is 2.44. The van der Waals surface area contributed by atoms with Crippen LogP contribution in [0, 0.1) is 0 Å². The number of rotatable bonds is 6. The van der Waals surface area contributed by atoms with Crippen LogP contribution in [0.1, 0.15) is 5.56 Å². The van der Waals surface area contributed by atoms with E-state index >= 15 is 0 Å². The van der Waals surface area contributed by atoms with Gasteiger partial charge in [0.05, 0.1) is 19.7 Å². The van der Waals surface area contributed by atoms with Gasteiger partial charge in [-0.1, -0.05) is 6.07 Å². The second-order valence-electron chi connectivity index (χ2n) is 4.30. The van der Waals surface area contributed by atoms with Crippen molar-refractivity contribution in [2.45, 2.75) is 12.3 Å². The third-order valence-electron chi connectivity index (χ3n) is 2.71. The van der Waals surface area contributed by atoms with Gasteiger partial charge in [-0.05, 0) is 18.1 Å². The Balaban J connectivity index is 1.79. The topological polar surface area (TPSA) is 34.6 Å². The number of halogens is 2. The van der Waals surface area contributed by atoms with Gasteiger partial charge in [-0.3, -0.25) is 0 Å². The van der Waals surface area contributed by atoms with Crippen LogP contribution in [0.25, 0.3) is 0 Å². The average Bonchev–Trinajstić information content (AvgIpc) is 2.32. The maximum Gasteiger partial charge on any atom is 0.282 e. The molecule has 0 spiro atoms. The lowest BCUT2D eigenvalue weighted by Crippen LogP contribution is -2.56. The Morgan fingerprint density at radius 1 is 1.39 bits per heavy atom. The van der Waals surface area contributed by atoms with Gasteiger partial charge in [-0.25, -0.2) is 13.8 Å². The molecule has 1 aromatic heterocycles. The molecule has 100 valence electrons. The number of nitrogens with zero attached hydrogens (tertiary/aromatic N) is 2. The first-order valence-electron chi connectivity index (χ1n) is 5.75. The van der Waals surface area contributed by atoms with Crippen LogP contribution in [-0.2, 0) is 15.9 Å². The first kappa shape index (κ1) is 13.2. The van der Waals surface area contributed by atoms with Gasteiger partial charge in [0.25, 0.3) is 5.92 Å². The van der Waals surface area contributed by atoms with Crippen LogP contribution in [0.15, 0.2) is 18.3 Å². The molecule has 1 aromatic rings. The van der Waals surface area contributed by atoms with Crippen molar-refractivity contribution in [3.8, 4) is 0 Å². The van der Waals surface area contributed by atoms with E-state index in [2.05, 4.69) is 4.98 Å². The van der Waals surface area contributed by atoms with Crippen molar-refractivity contribution in [2.24, 2.45) is 0 Å². The van der Waals surface area contributed by atoms with E-state index in [0.29, 0.717) is 12.4 Å². The Hall–Kier alpha value is -1.27. The zero-order chi connectivity index (χ0) is 13.0. The van der Waals surface area contributed by atoms with Gasteiger partial charge in [0.2, 0.25) is 0 Å². The van der Waals surface area contributed by atoms with E-state index in [-0.39, 0.29) is 19.9 Å². The van der Waals surface area contributed by atoms with E-state index in [1.807, 2.05) is 6.07 Å². The number of aromatic nitrogens is 1. The molecule has 0 radical (unpaired) electrons. The van der Waals surface area contributed by atoms with Gasteiger partial charge >= 0.3 is 0 Å². The highest BCUT2D eigenvalue weighted by Crippen LogP contribution is 2.30. The monoisotopic (exact) mass is 258 g/mol. The minimum absolute atomic E-state index is 0.240. The van der Waals surface area contributed by atoms with E-state index in [9.17, 15) is 8.78 Å². The summed E-state index contributed by atoms with van der Waals surface area (Å²) in [7, 11) is 1.57. The highest BCUT2D eigenvalue weighted by atomic mass is 19.3. The van der Waals surface area contributed by atoms with Gasteiger partial charge in [0, 0.05) is 13.3 Å². The molecule has 0 bridgehead atoms. The number of alkyl halides is 2. The smallest absolute Gasteiger partial charge is 0.282 e. The van der Waals surface area contributed by atoms with Crippen molar-refractivity contribution in [2.75, 3.05) is 38.5 Å². The van der Waals surface area contributed by atoms with Crippen molar-refractivity contribution in [3.63, 3.8) is 0 Å². The van der Waals surface area contributed by atoms with E-state index < -0.39 is 5.92 Å². The van der Waals surface area contributed by atoms with E-state index in [1.165, 1.54) is 0 Å². The molecule has 2 heterocycles. The van der Waals surface area contributed by atoms with Crippen molar-refractivity contribution in [3.05, 3.63) is 23.9 Å². The molecule has 0 saturated carbocycles. The van der Waals surface area contributed by atoms with Gasteiger partial charge < -0.3 is 14.4 Å². The zero-order valence-corrected chi connectivity index (χ0v) is 10.2. The van der Waals surface area contributed by atoms with Gasteiger partial charge in [-0.2, -0.15) is 0 Å². The molecule has 0 unspecified atom stereocenters. The predicted octanol–water partition coefficient (Wildman–Crippen LogP) is 1.70. The molecule has 6 heteroatoms. The molecule has 1 aliphatic rings. The van der Waals surface area contributed by atoms with Crippen LogP contribution < -0.4 is 4.90 Å². The van der Waals surface area contributed by atoms with Crippen LogP contribution in [-0.4, -0.2) is 44.5 Å². The summed E-state index contributed by atoms with van der Waals surface area (Å²) >= 11 is 0. The number of ether oxygens (including phenoxy) is 2. The van der Waals surface area contributed by atoms with Gasteiger partial charge in [0.1, 0.15) is 12.6 Å². The van der Waals surface area contributed by atoms with Crippen LogP contribution in [0.2, 0.25) is 0 Å². The molecule has 1 fully saturated rings. The second-order valence-corrected chi connectivity index (χ2v) is 4.30. The molecule has 18 heavy (non-hydrogen) atoms. The lowest BCUT2D eigenvalue weighted by Gasteiger charge is -2.39. The fraction of sp³-hybridized carbons (Fsp3) is 0.583. The second kappa shape index (κ2) is 5.58. The predicted molar refractivity (Wildman–Crippen MR) is 62.9 cm³/mol. The standard InChI is InChI=1S/C12H16F2N2O2/c1-17-9-18-5-4-10-2-3-11(15-6-10)16-7-12(13,14)8-16/h2-3,6H,4-5,7-9H2,1H3. The van der Waals surface area contributed by atoms with Gasteiger partial charge in [-0.15, -0.1) is 0 Å². The molecule has 2 rings (SSSR count). The minimum Gasteiger partial charge on any atom is -0.359 e. The number of anilines is 1. The maximum atomic E-state index is 12.7. The third-order valence-corrected chi connectivity index (χ3v) is 2.71. The van der Waals surface area contributed by atoms with Crippen molar-refractivity contribution < 1.29 is 18.3 Å². The number of hydrogen-bond acceptors (Lipinski definition) is 4. The van der Waals surface area contributed by atoms with Crippen LogP contribution in [0.5, 0.6) is 0 Å². The number of hydrogen-bond donors (Lipinski definition) is 0. The Morgan fingerprint density at radius 2 is 2.17 bits per heavy atom. The summed E-state index contributed by atoms with van der Waals surface area (Å²) in [4.78, 5) is 5.73. The summed E-state index contributed by atoms with van der Waals surface area (Å²) in [6, 6.07) is 3.65. The van der Waals surface area contributed by atoms with Crippen LogP contribution in [0.3, 0.4) is 0 Å². The summed E-state index contributed by atoms with van der Waals surface area (Å²) in [6.45, 7) is 0.345. The Bertz CT molecular complexity index is 376. The van der Waals surface area contributed by atoms with Gasteiger partial charge in [0.15, 0.2) is 0 Å². The molecular formula is C12H16F2N2O2. The SMILES string of the molecule is COCOCCc1ccc(N2CC(F)(F)C2)nc1. The van der Waals surface area contributed by atoms with E-state index in [0.717, 1.165) is 12.0 Å². The zero-order valence-electron chi connectivity index (χ0n) is 10.2. The summed E-state index contributed by atoms with van der Waals surface area (Å²) < 4.78 is 35.3. The lowest BCUT2D eigenvalue weighted by atomic mass is 10.1. The lowest BCUT2D eigenvalue weighted by molar-refractivity contribution is -0.0291. The molecular weight excluding hydrogens is 242 g/mol. The Kier molecular flexibility index (Phi) is 4.08. The molecule has 0 aromatic carbocycles. The Labute approximate surface area is 105 Å². The molecule has 1 saturated heterocycles. The van der Waals surface area contributed by atoms with Crippen molar-refractivity contribution >= 4 is 5.82 Å². The quantitative estimate of drug-likeness (QED) is 0.574. The van der Waals surface area contributed by atoms with Crippen LogP contribution >= 0.6 is 0 Å². The van der Waals surface area contributed by atoms with E-state index in [1.54, 1.807) is 24.3 Å². The van der Waals surface area contributed by atoms with Crippen LogP contribution in [0.4, 0.5) is 14.6 Å². The summed E-state index contributed by atoms with van der Waals surface area (Å²) in [5.41, 5.74) is 1.02. The minimum atomic E-state index is -2.56. The molecule has 4 nitrogen and oxygen atoms in total. The fourth-order valence-electron chi connectivity index (χ4n) is 1.76. The number of methoxy groups -OCH3 is 1. The summed E-state index contributed by atoms with van der Waals surface area (Å²) in [5, 5.41) is 0. The summed E-state index contributed by atoms with van der Waals surface area (Å²) in [6.07, 6.45) is 2.43. The first-order chi connectivity index (χ1) is 8.61. The third kappa shape index (κ3) is 3.36. The number of pyridine rings is 1. The molecule has 1 aliphatic heterocycles. The maximum absolute atomic E-state index is 12.7. The first-order valence-corrected chi connectivity index (χ1v) is 5.75. The van der Waals surface area contributed by atoms with E-state index in [4.69, 9.17) is 9.47 Å². The molecule has 0 atom stereocenters.